The third kappa shape index (κ3) is 4.60. The summed E-state index contributed by atoms with van der Waals surface area (Å²) in [6, 6.07) is 8.22. The first-order valence-electron chi connectivity index (χ1n) is 9.58. The summed E-state index contributed by atoms with van der Waals surface area (Å²) in [5.41, 5.74) is -0.734. The molecule has 0 aromatic heterocycles. The normalized spacial score (nSPS) is 18.1. The van der Waals surface area contributed by atoms with Crippen molar-refractivity contribution in [3.8, 4) is 0 Å². The highest BCUT2D eigenvalue weighted by atomic mass is 19.1. The number of nitrogens with one attached hydrogen (secondary N) is 2. The van der Waals surface area contributed by atoms with E-state index in [0.717, 1.165) is 11.0 Å². The van der Waals surface area contributed by atoms with Crippen molar-refractivity contribution in [3.63, 3.8) is 0 Å². The molecule has 0 aliphatic carbocycles. The first kappa shape index (κ1) is 22.1. The van der Waals surface area contributed by atoms with Crippen LogP contribution in [0.25, 0.3) is 0 Å². The molecule has 1 fully saturated rings. The Labute approximate surface area is 177 Å². The number of amides is 4. The SMILES string of the molecule is CC(=O)NCCc1ccc(C(=O)CN2C(=O)N[C@](C)(c3ccc(F)cc3)C2=O)cc1F. The maximum Gasteiger partial charge on any atom is 0.325 e. The van der Waals surface area contributed by atoms with Crippen LogP contribution >= 0.6 is 0 Å². The number of ketones is 1. The zero-order valence-corrected chi connectivity index (χ0v) is 17.0. The standard InChI is InChI=1S/C22H21F2N3O4/c1-13(28)25-10-9-14-3-4-15(11-18(14)24)19(29)12-27-20(30)22(2,26-21(27)31)16-5-7-17(23)8-6-16/h3-8,11H,9-10,12H2,1-2H3,(H,25,28)(H,26,31)/t22-/m1/s1. The molecule has 0 spiro atoms. The first-order valence-corrected chi connectivity index (χ1v) is 9.58. The second kappa shape index (κ2) is 8.63. The molecule has 1 aliphatic rings. The van der Waals surface area contributed by atoms with Gasteiger partial charge in [0.25, 0.3) is 5.91 Å². The van der Waals surface area contributed by atoms with Crippen molar-refractivity contribution in [2.45, 2.75) is 25.8 Å². The van der Waals surface area contributed by atoms with E-state index in [1.165, 1.54) is 50.2 Å². The van der Waals surface area contributed by atoms with Gasteiger partial charge in [0.1, 0.15) is 17.2 Å². The third-order valence-corrected chi connectivity index (χ3v) is 5.14. The van der Waals surface area contributed by atoms with Gasteiger partial charge in [0.05, 0.1) is 6.54 Å². The maximum absolute atomic E-state index is 14.3. The zero-order chi connectivity index (χ0) is 22.8. The topological polar surface area (TPSA) is 95.6 Å². The quantitative estimate of drug-likeness (QED) is 0.522. The Morgan fingerprint density at radius 3 is 2.39 bits per heavy atom. The van der Waals surface area contributed by atoms with E-state index in [-0.39, 0.29) is 24.4 Å². The molecule has 7 nitrogen and oxygen atoms in total. The van der Waals surface area contributed by atoms with Crippen LogP contribution in [0.2, 0.25) is 0 Å². The van der Waals surface area contributed by atoms with Crippen LogP contribution in [0.1, 0.15) is 35.3 Å². The number of hydrogen-bond acceptors (Lipinski definition) is 4. The fourth-order valence-corrected chi connectivity index (χ4v) is 3.35. The van der Waals surface area contributed by atoms with Crippen LogP contribution < -0.4 is 10.6 Å². The number of nitrogens with zero attached hydrogens (tertiary/aromatic N) is 1. The first-order chi connectivity index (χ1) is 14.6. The lowest BCUT2D eigenvalue weighted by atomic mass is 9.92. The monoisotopic (exact) mass is 429 g/mol. The summed E-state index contributed by atoms with van der Waals surface area (Å²) >= 11 is 0. The van der Waals surface area contributed by atoms with Gasteiger partial charge in [-0.2, -0.15) is 0 Å². The lowest BCUT2D eigenvalue weighted by molar-refractivity contribution is -0.130. The molecular formula is C22H21F2N3O4. The molecule has 0 radical (unpaired) electrons. The van der Waals surface area contributed by atoms with Crippen LogP contribution in [-0.4, -0.2) is 41.6 Å². The molecule has 2 N–H and O–H groups in total. The summed E-state index contributed by atoms with van der Waals surface area (Å²) in [4.78, 5) is 49.5. The minimum absolute atomic E-state index is 0.0109. The van der Waals surface area contributed by atoms with Gasteiger partial charge >= 0.3 is 6.03 Å². The number of urea groups is 1. The summed E-state index contributed by atoms with van der Waals surface area (Å²) in [5, 5.41) is 5.09. The van der Waals surface area contributed by atoms with Crippen molar-refractivity contribution in [1.82, 2.24) is 15.5 Å². The van der Waals surface area contributed by atoms with Gasteiger partial charge in [0.2, 0.25) is 5.91 Å². The van der Waals surface area contributed by atoms with Crippen LogP contribution in [0.3, 0.4) is 0 Å². The molecule has 0 unspecified atom stereocenters. The highest BCUT2D eigenvalue weighted by Gasteiger charge is 2.49. The van der Waals surface area contributed by atoms with Gasteiger partial charge < -0.3 is 10.6 Å². The fraction of sp³-hybridized carbons (Fsp3) is 0.273. The van der Waals surface area contributed by atoms with Crippen molar-refractivity contribution < 1.29 is 28.0 Å². The Bertz CT molecular complexity index is 1060. The van der Waals surface area contributed by atoms with Crippen molar-refractivity contribution >= 4 is 23.6 Å². The Morgan fingerprint density at radius 2 is 1.77 bits per heavy atom. The molecule has 0 saturated carbocycles. The van der Waals surface area contributed by atoms with E-state index < -0.39 is 41.4 Å². The number of Topliss-reactive ketones (excluding diaryl/α,β-unsaturated/α-hetero) is 1. The zero-order valence-electron chi connectivity index (χ0n) is 17.0. The number of rotatable bonds is 7. The number of imide groups is 1. The lowest BCUT2D eigenvalue weighted by Crippen LogP contribution is -2.41. The van der Waals surface area contributed by atoms with E-state index in [2.05, 4.69) is 10.6 Å². The second-order valence-electron chi connectivity index (χ2n) is 7.42. The lowest BCUT2D eigenvalue weighted by Gasteiger charge is -2.22. The van der Waals surface area contributed by atoms with Crippen LogP contribution in [0.15, 0.2) is 42.5 Å². The van der Waals surface area contributed by atoms with Crippen molar-refractivity contribution in [3.05, 3.63) is 70.8 Å². The Morgan fingerprint density at radius 1 is 1.10 bits per heavy atom. The van der Waals surface area contributed by atoms with Gasteiger partial charge in [-0.1, -0.05) is 24.3 Å². The van der Waals surface area contributed by atoms with Crippen LogP contribution in [0, 0.1) is 11.6 Å². The van der Waals surface area contributed by atoms with E-state index in [4.69, 9.17) is 0 Å². The minimum atomic E-state index is -1.44. The van der Waals surface area contributed by atoms with Gasteiger partial charge in [-0.3, -0.25) is 19.3 Å². The molecule has 1 aliphatic heterocycles. The van der Waals surface area contributed by atoms with Gasteiger partial charge in [0.15, 0.2) is 5.78 Å². The average molecular weight is 429 g/mol. The summed E-state index contributed by atoms with van der Waals surface area (Å²) in [7, 11) is 0. The molecular weight excluding hydrogens is 408 g/mol. The van der Waals surface area contributed by atoms with Gasteiger partial charge in [0, 0.05) is 19.0 Å². The fourth-order valence-electron chi connectivity index (χ4n) is 3.35. The Balaban J connectivity index is 1.72. The number of carbonyl (C=O) groups is 4. The van der Waals surface area contributed by atoms with Crippen LogP contribution in [-0.2, 0) is 21.5 Å². The maximum atomic E-state index is 14.3. The Kier molecular flexibility index (Phi) is 6.14. The molecule has 3 rings (SSSR count). The van der Waals surface area contributed by atoms with E-state index >= 15 is 0 Å². The summed E-state index contributed by atoms with van der Waals surface area (Å²) < 4.78 is 27.5. The van der Waals surface area contributed by atoms with Crippen molar-refractivity contribution in [2.75, 3.05) is 13.1 Å². The Hall–Kier alpha value is -3.62. The van der Waals surface area contributed by atoms with Crippen LogP contribution in [0.5, 0.6) is 0 Å². The second-order valence-corrected chi connectivity index (χ2v) is 7.42. The molecule has 4 amide bonds. The van der Waals surface area contributed by atoms with E-state index in [1.807, 2.05) is 0 Å². The smallest absolute Gasteiger partial charge is 0.325 e. The minimum Gasteiger partial charge on any atom is -0.356 e. The molecule has 1 heterocycles. The molecule has 9 heteroatoms. The average Bonchev–Trinajstić information content (AvgIpc) is 2.93. The van der Waals surface area contributed by atoms with Gasteiger partial charge in [-0.15, -0.1) is 0 Å². The summed E-state index contributed by atoms with van der Waals surface area (Å²) in [6.07, 6.45) is 0.253. The molecule has 2 aromatic carbocycles. The van der Waals surface area contributed by atoms with E-state index in [0.29, 0.717) is 11.1 Å². The largest absolute Gasteiger partial charge is 0.356 e. The van der Waals surface area contributed by atoms with Crippen molar-refractivity contribution in [2.24, 2.45) is 0 Å². The molecule has 162 valence electrons. The number of benzene rings is 2. The highest BCUT2D eigenvalue weighted by molar-refractivity contribution is 6.11. The highest BCUT2D eigenvalue weighted by Crippen LogP contribution is 2.29. The predicted octanol–water partition coefficient (Wildman–Crippen LogP) is 2.29. The molecule has 1 atom stereocenters. The summed E-state index contributed by atoms with van der Waals surface area (Å²) in [5.74, 6) is -2.61. The molecule has 31 heavy (non-hydrogen) atoms. The predicted molar refractivity (Wildman–Crippen MR) is 107 cm³/mol. The number of hydrogen-bond donors (Lipinski definition) is 2. The molecule has 0 bridgehead atoms. The van der Waals surface area contributed by atoms with Gasteiger partial charge in [-0.25, -0.2) is 13.6 Å². The third-order valence-electron chi connectivity index (χ3n) is 5.14. The summed E-state index contributed by atoms with van der Waals surface area (Å²) in [6.45, 7) is 2.51. The van der Waals surface area contributed by atoms with Crippen molar-refractivity contribution in [1.29, 1.82) is 0 Å². The molecule has 2 aromatic rings. The molecule has 1 saturated heterocycles. The van der Waals surface area contributed by atoms with E-state index in [9.17, 15) is 28.0 Å². The number of halogens is 2. The van der Waals surface area contributed by atoms with Crippen LogP contribution in [0.4, 0.5) is 13.6 Å². The van der Waals surface area contributed by atoms with Gasteiger partial charge in [-0.05, 0) is 42.7 Å². The number of carbonyl (C=O) groups excluding carboxylic acids is 4. The van der Waals surface area contributed by atoms with E-state index in [1.54, 1.807) is 0 Å².